The van der Waals surface area contributed by atoms with E-state index in [2.05, 4.69) is 11.9 Å². The highest BCUT2D eigenvalue weighted by molar-refractivity contribution is 7.99. The summed E-state index contributed by atoms with van der Waals surface area (Å²) in [7, 11) is 0. The second-order valence-electron chi connectivity index (χ2n) is 7.40. The average Bonchev–Trinajstić information content (AvgIpc) is 2.67. The highest BCUT2D eigenvalue weighted by Crippen LogP contribution is 2.53. The molecule has 0 radical (unpaired) electrons. The van der Waals surface area contributed by atoms with Gasteiger partial charge in [-0.3, -0.25) is 0 Å². The quantitative estimate of drug-likeness (QED) is 0.257. The number of rotatable bonds is 14. The van der Waals surface area contributed by atoms with Gasteiger partial charge in [-0.1, -0.05) is 18.6 Å². The third-order valence-corrected chi connectivity index (χ3v) is 6.76. The lowest BCUT2D eigenvalue weighted by Gasteiger charge is -2.48. The highest BCUT2D eigenvalue weighted by Gasteiger charge is 2.48. The van der Waals surface area contributed by atoms with Crippen LogP contribution in [-0.2, 0) is 18.9 Å². The standard InChI is InChI=1S/C20H32BNO4S/c1-2-7-23-8-9-24-10-11-25-12-13-26-14-15-27-19-3-5-20(6-4-19)16-21(17-20)18-22/h1,19H,3-17H2. The maximum Gasteiger partial charge on any atom is 0.268 e. The van der Waals surface area contributed by atoms with Gasteiger partial charge in [-0.2, -0.15) is 11.8 Å². The second-order valence-corrected chi connectivity index (χ2v) is 8.81. The van der Waals surface area contributed by atoms with Crippen molar-refractivity contribution in [2.75, 3.05) is 58.6 Å². The minimum absolute atomic E-state index is 0.333. The van der Waals surface area contributed by atoms with Crippen molar-refractivity contribution >= 4 is 18.5 Å². The molecule has 1 heterocycles. The van der Waals surface area contributed by atoms with E-state index in [9.17, 15) is 0 Å². The average molecular weight is 393 g/mol. The van der Waals surface area contributed by atoms with Crippen LogP contribution >= 0.6 is 11.8 Å². The summed E-state index contributed by atoms with van der Waals surface area (Å²) in [5.74, 6) is 5.88. The zero-order chi connectivity index (χ0) is 19.2. The Labute approximate surface area is 168 Å². The molecule has 7 heteroatoms. The summed E-state index contributed by atoms with van der Waals surface area (Å²) >= 11 is 2.05. The fraction of sp³-hybridized carbons (Fsp3) is 0.850. The van der Waals surface area contributed by atoms with Gasteiger partial charge < -0.3 is 18.9 Å². The van der Waals surface area contributed by atoms with Crippen LogP contribution in [0.5, 0.6) is 0 Å². The molecule has 150 valence electrons. The Kier molecular flexibility index (Phi) is 11.3. The van der Waals surface area contributed by atoms with Crippen LogP contribution in [0.1, 0.15) is 25.7 Å². The number of terminal acetylenes is 1. The van der Waals surface area contributed by atoms with Crippen molar-refractivity contribution in [3.05, 3.63) is 0 Å². The van der Waals surface area contributed by atoms with Crippen LogP contribution in [0.2, 0.25) is 12.6 Å². The van der Waals surface area contributed by atoms with Gasteiger partial charge in [0.15, 0.2) is 0 Å². The van der Waals surface area contributed by atoms with Crippen molar-refractivity contribution in [2.24, 2.45) is 5.41 Å². The topological polar surface area (TPSA) is 60.7 Å². The number of nitriles is 1. The van der Waals surface area contributed by atoms with E-state index in [4.69, 9.17) is 30.6 Å². The number of hydrogen-bond acceptors (Lipinski definition) is 6. The molecule has 0 aromatic heterocycles. The number of hydrogen-bond donors (Lipinski definition) is 0. The first kappa shape index (κ1) is 22.6. The Morgan fingerprint density at radius 3 is 2.04 bits per heavy atom. The van der Waals surface area contributed by atoms with Gasteiger partial charge in [-0.05, 0) is 31.1 Å². The second kappa shape index (κ2) is 13.5. The van der Waals surface area contributed by atoms with Crippen LogP contribution < -0.4 is 0 Å². The first-order valence-corrected chi connectivity index (χ1v) is 11.1. The minimum Gasteiger partial charge on any atom is -0.378 e. The Bertz CT molecular complexity index is 477. The molecule has 0 amide bonds. The molecule has 2 rings (SSSR count). The van der Waals surface area contributed by atoms with Gasteiger partial charge in [0, 0.05) is 17.0 Å². The predicted molar refractivity (Wildman–Crippen MR) is 110 cm³/mol. The maximum atomic E-state index is 8.95. The fourth-order valence-corrected chi connectivity index (χ4v) is 5.04. The molecule has 0 bridgehead atoms. The van der Waals surface area contributed by atoms with Crippen LogP contribution in [0, 0.1) is 29.0 Å². The largest absolute Gasteiger partial charge is 0.378 e. The van der Waals surface area contributed by atoms with E-state index in [1.165, 1.54) is 25.7 Å². The van der Waals surface area contributed by atoms with Crippen LogP contribution in [0.15, 0.2) is 0 Å². The van der Waals surface area contributed by atoms with Crippen LogP contribution in [0.4, 0.5) is 0 Å². The predicted octanol–water partition coefficient (Wildman–Crippen LogP) is 2.92. The van der Waals surface area contributed by atoms with E-state index < -0.39 is 0 Å². The van der Waals surface area contributed by atoms with Crippen molar-refractivity contribution in [1.29, 1.82) is 5.26 Å². The SMILES string of the molecule is C#CCOCCOCCOCCOCCSC1CCC2(CC1)CB(C#N)C2. The van der Waals surface area contributed by atoms with E-state index in [0.29, 0.717) is 58.4 Å². The summed E-state index contributed by atoms with van der Waals surface area (Å²) in [5, 5.41) is 9.73. The maximum absolute atomic E-state index is 8.95. The minimum atomic E-state index is 0.333. The molecule has 2 aliphatic rings. The molecule has 1 aliphatic heterocycles. The molecule has 1 saturated carbocycles. The summed E-state index contributed by atoms with van der Waals surface area (Å²) < 4.78 is 21.6. The van der Waals surface area contributed by atoms with Gasteiger partial charge in [-0.25, -0.2) is 5.26 Å². The molecule has 5 nitrogen and oxygen atoms in total. The molecule has 0 unspecified atom stereocenters. The molecular weight excluding hydrogens is 361 g/mol. The Morgan fingerprint density at radius 2 is 1.48 bits per heavy atom. The molecule has 0 aromatic rings. The molecule has 0 aromatic carbocycles. The molecule has 1 saturated heterocycles. The summed E-state index contributed by atoms with van der Waals surface area (Å²) in [4.78, 5) is 0. The van der Waals surface area contributed by atoms with Crippen molar-refractivity contribution in [1.82, 2.24) is 0 Å². The van der Waals surface area contributed by atoms with Crippen LogP contribution in [0.3, 0.4) is 0 Å². The van der Waals surface area contributed by atoms with E-state index in [0.717, 1.165) is 30.3 Å². The van der Waals surface area contributed by atoms with Crippen molar-refractivity contribution in [3.8, 4) is 18.3 Å². The fourth-order valence-electron chi connectivity index (χ4n) is 3.92. The lowest BCUT2D eigenvalue weighted by Crippen LogP contribution is -2.44. The summed E-state index contributed by atoms with van der Waals surface area (Å²) in [5.41, 5.74) is 0.531. The number of thioether (sulfide) groups is 1. The van der Waals surface area contributed by atoms with E-state index >= 15 is 0 Å². The molecule has 1 aliphatic carbocycles. The smallest absolute Gasteiger partial charge is 0.268 e. The van der Waals surface area contributed by atoms with Gasteiger partial charge in [-0.15, -0.1) is 6.42 Å². The number of ether oxygens (including phenoxy) is 4. The van der Waals surface area contributed by atoms with Crippen LogP contribution in [-0.4, -0.2) is 70.6 Å². The third kappa shape index (κ3) is 8.90. The summed E-state index contributed by atoms with van der Waals surface area (Å²) in [6, 6.07) is 0. The normalized spacial score (nSPS) is 18.8. The third-order valence-electron chi connectivity index (χ3n) is 5.42. The van der Waals surface area contributed by atoms with Gasteiger partial charge >= 0.3 is 0 Å². The summed E-state index contributed by atoms with van der Waals surface area (Å²) in [6.07, 6.45) is 12.6. The van der Waals surface area contributed by atoms with Gasteiger partial charge in [0.1, 0.15) is 6.61 Å². The zero-order valence-corrected chi connectivity index (χ0v) is 17.1. The molecule has 0 atom stereocenters. The van der Waals surface area contributed by atoms with Crippen molar-refractivity contribution in [3.63, 3.8) is 0 Å². The first-order valence-electron chi connectivity index (χ1n) is 10.0. The number of nitrogens with zero attached hydrogens (tertiary/aromatic N) is 1. The Morgan fingerprint density at radius 1 is 0.926 bits per heavy atom. The van der Waals surface area contributed by atoms with E-state index in [1.807, 2.05) is 11.8 Å². The lowest BCUT2D eigenvalue weighted by molar-refractivity contribution is 0.00310. The van der Waals surface area contributed by atoms with E-state index in [-0.39, 0.29) is 0 Å². The molecule has 27 heavy (non-hydrogen) atoms. The first-order chi connectivity index (χ1) is 13.3. The molecular formula is C20H32BNO4S. The van der Waals surface area contributed by atoms with Gasteiger partial charge in [0.2, 0.25) is 0 Å². The van der Waals surface area contributed by atoms with Crippen molar-refractivity contribution < 1.29 is 18.9 Å². The van der Waals surface area contributed by atoms with Gasteiger partial charge in [0.05, 0.1) is 46.2 Å². The molecule has 2 fully saturated rings. The molecule has 0 N–H and O–H groups in total. The van der Waals surface area contributed by atoms with E-state index in [1.54, 1.807) is 0 Å². The molecule has 1 spiro atoms. The van der Waals surface area contributed by atoms with Crippen LogP contribution in [0.25, 0.3) is 0 Å². The lowest BCUT2D eigenvalue weighted by atomic mass is 9.26. The zero-order valence-electron chi connectivity index (χ0n) is 16.3. The summed E-state index contributed by atoms with van der Waals surface area (Å²) in [6.45, 7) is 4.90. The van der Waals surface area contributed by atoms with Gasteiger partial charge in [0.25, 0.3) is 6.71 Å². The van der Waals surface area contributed by atoms with Crippen molar-refractivity contribution in [2.45, 2.75) is 43.6 Å². The monoisotopic (exact) mass is 393 g/mol. The highest BCUT2D eigenvalue weighted by atomic mass is 32.2. The Hall–Kier alpha value is -0.695. The Balaban J connectivity index is 1.30.